The number of carbonyl (C=O) groups excluding carboxylic acids is 1. The predicted octanol–water partition coefficient (Wildman–Crippen LogP) is 3.35. The Kier molecular flexibility index (Phi) is 6.14. The standard InChI is InChI=1S/C21H30N2O2/c1-3-13-23-14-19(16-9-11-18(25-2)12-10-16)20(15-23)22-21(24)17-7-5-4-6-8-17/h4-5,9-12,17,19-20H,3,6-8,13-15H2,1-2H3,(H,22,24)/t17-,19-,20+/m1/s1. The number of nitrogens with one attached hydrogen (secondary N) is 1. The lowest BCUT2D eigenvalue weighted by Crippen LogP contribution is -2.43. The van der Waals surface area contributed by atoms with Crippen molar-refractivity contribution in [2.45, 2.75) is 44.6 Å². The summed E-state index contributed by atoms with van der Waals surface area (Å²) in [5.41, 5.74) is 1.29. The molecular formula is C21H30N2O2. The molecule has 1 fully saturated rings. The second-order valence-corrected chi connectivity index (χ2v) is 7.24. The van der Waals surface area contributed by atoms with Crippen molar-refractivity contribution >= 4 is 5.91 Å². The second-order valence-electron chi connectivity index (χ2n) is 7.24. The maximum absolute atomic E-state index is 12.7. The minimum atomic E-state index is 0.141. The van der Waals surface area contributed by atoms with E-state index < -0.39 is 0 Å². The van der Waals surface area contributed by atoms with Crippen LogP contribution in [0.5, 0.6) is 5.75 Å². The highest BCUT2D eigenvalue weighted by atomic mass is 16.5. The van der Waals surface area contributed by atoms with Crippen LogP contribution in [0.1, 0.15) is 44.1 Å². The molecule has 3 atom stereocenters. The van der Waals surface area contributed by atoms with Gasteiger partial charge in [0.25, 0.3) is 0 Å². The van der Waals surface area contributed by atoms with Crippen LogP contribution in [0.15, 0.2) is 36.4 Å². The van der Waals surface area contributed by atoms with Crippen LogP contribution in [-0.2, 0) is 4.79 Å². The van der Waals surface area contributed by atoms with Crippen molar-refractivity contribution in [3.63, 3.8) is 0 Å². The normalized spacial score (nSPS) is 26.6. The summed E-state index contributed by atoms with van der Waals surface area (Å²) in [6, 6.07) is 8.51. The first-order valence-corrected chi connectivity index (χ1v) is 9.53. The third-order valence-corrected chi connectivity index (χ3v) is 5.45. The van der Waals surface area contributed by atoms with E-state index in [1.165, 1.54) is 5.56 Å². The largest absolute Gasteiger partial charge is 0.497 e. The molecule has 1 aromatic carbocycles. The van der Waals surface area contributed by atoms with Gasteiger partial charge in [-0.3, -0.25) is 4.79 Å². The third-order valence-electron chi connectivity index (χ3n) is 5.45. The fraction of sp³-hybridized carbons (Fsp3) is 0.571. The molecule has 4 heteroatoms. The molecular weight excluding hydrogens is 312 g/mol. The van der Waals surface area contributed by atoms with Gasteiger partial charge in [-0.05, 0) is 49.9 Å². The number of rotatable bonds is 6. The summed E-state index contributed by atoms with van der Waals surface area (Å²) in [7, 11) is 1.69. The lowest BCUT2D eigenvalue weighted by Gasteiger charge is -2.24. The molecule has 1 aliphatic heterocycles. The van der Waals surface area contributed by atoms with Crippen LogP contribution < -0.4 is 10.1 Å². The number of hydrogen-bond donors (Lipinski definition) is 1. The van der Waals surface area contributed by atoms with Crippen molar-refractivity contribution in [1.82, 2.24) is 10.2 Å². The zero-order valence-corrected chi connectivity index (χ0v) is 15.4. The van der Waals surface area contributed by atoms with Crippen LogP contribution in [-0.4, -0.2) is 43.6 Å². The first kappa shape index (κ1) is 18.0. The zero-order chi connectivity index (χ0) is 17.6. The summed E-state index contributed by atoms with van der Waals surface area (Å²) in [6.07, 6.45) is 8.34. The second kappa shape index (κ2) is 8.52. The smallest absolute Gasteiger partial charge is 0.223 e. The van der Waals surface area contributed by atoms with Gasteiger partial charge in [-0.15, -0.1) is 0 Å². The van der Waals surface area contributed by atoms with E-state index in [9.17, 15) is 4.79 Å². The minimum Gasteiger partial charge on any atom is -0.497 e. The van der Waals surface area contributed by atoms with Crippen LogP contribution in [0, 0.1) is 5.92 Å². The van der Waals surface area contributed by atoms with E-state index in [2.05, 4.69) is 41.4 Å². The molecule has 25 heavy (non-hydrogen) atoms. The van der Waals surface area contributed by atoms with Gasteiger partial charge in [-0.1, -0.05) is 31.2 Å². The molecule has 1 N–H and O–H groups in total. The number of benzene rings is 1. The highest BCUT2D eigenvalue weighted by Crippen LogP contribution is 2.30. The first-order chi connectivity index (χ1) is 12.2. The topological polar surface area (TPSA) is 41.6 Å². The van der Waals surface area contributed by atoms with Crippen molar-refractivity contribution in [2.24, 2.45) is 5.92 Å². The highest BCUT2D eigenvalue weighted by Gasteiger charge is 2.35. The van der Waals surface area contributed by atoms with E-state index in [1.807, 2.05) is 12.1 Å². The first-order valence-electron chi connectivity index (χ1n) is 9.53. The molecule has 4 nitrogen and oxygen atoms in total. The van der Waals surface area contributed by atoms with Crippen LogP contribution >= 0.6 is 0 Å². The molecule has 1 aliphatic carbocycles. The van der Waals surface area contributed by atoms with Crippen molar-refractivity contribution < 1.29 is 9.53 Å². The van der Waals surface area contributed by atoms with E-state index in [4.69, 9.17) is 4.74 Å². The van der Waals surface area contributed by atoms with Gasteiger partial charge in [0, 0.05) is 31.0 Å². The molecule has 1 amide bonds. The van der Waals surface area contributed by atoms with Gasteiger partial charge >= 0.3 is 0 Å². The van der Waals surface area contributed by atoms with Gasteiger partial charge in [0.2, 0.25) is 5.91 Å². The number of allylic oxidation sites excluding steroid dienone is 2. The summed E-state index contributed by atoms with van der Waals surface area (Å²) in [4.78, 5) is 15.2. The molecule has 1 saturated heterocycles. The summed E-state index contributed by atoms with van der Waals surface area (Å²) in [5.74, 6) is 1.59. The zero-order valence-electron chi connectivity index (χ0n) is 15.4. The maximum atomic E-state index is 12.7. The Balaban J connectivity index is 1.71. The summed E-state index contributed by atoms with van der Waals surface area (Å²) >= 11 is 0. The van der Waals surface area contributed by atoms with E-state index in [-0.39, 0.29) is 17.9 Å². The quantitative estimate of drug-likeness (QED) is 0.806. The fourth-order valence-electron chi connectivity index (χ4n) is 4.05. The van der Waals surface area contributed by atoms with Gasteiger partial charge in [-0.2, -0.15) is 0 Å². The van der Waals surface area contributed by atoms with Crippen LogP contribution in [0.25, 0.3) is 0 Å². The Morgan fingerprint density at radius 2 is 2.04 bits per heavy atom. The number of likely N-dealkylation sites (tertiary alicyclic amines) is 1. The molecule has 0 bridgehead atoms. The molecule has 136 valence electrons. The molecule has 0 unspecified atom stereocenters. The minimum absolute atomic E-state index is 0.141. The van der Waals surface area contributed by atoms with Gasteiger partial charge < -0.3 is 15.0 Å². The van der Waals surface area contributed by atoms with Gasteiger partial charge in [-0.25, -0.2) is 0 Å². The number of ether oxygens (including phenoxy) is 1. The Hall–Kier alpha value is -1.81. The lowest BCUT2D eigenvalue weighted by molar-refractivity contribution is -0.125. The number of amides is 1. The molecule has 0 aromatic heterocycles. The van der Waals surface area contributed by atoms with Crippen molar-refractivity contribution in [1.29, 1.82) is 0 Å². The molecule has 0 spiro atoms. The third kappa shape index (κ3) is 4.43. The van der Waals surface area contributed by atoms with Crippen LogP contribution in [0.2, 0.25) is 0 Å². The van der Waals surface area contributed by atoms with Gasteiger partial charge in [0.15, 0.2) is 0 Å². The summed E-state index contributed by atoms with van der Waals surface area (Å²) in [5, 5.41) is 3.37. The Morgan fingerprint density at radius 3 is 2.68 bits per heavy atom. The predicted molar refractivity (Wildman–Crippen MR) is 101 cm³/mol. The van der Waals surface area contributed by atoms with E-state index in [0.29, 0.717) is 5.92 Å². The summed E-state index contributed by atoms with van der Waals surface area (Å²) in [6.45, 7) is 5.25. The van der Waals surface area contributed by atoms with Crippen molar-refractivity contribution in [2.75, 3.05) is 26.7 Å². The van der Waals surface area contributed by atoms with E-state index in [0.717, 1.165) is 51.1 Å². The molecule has 3 rings (SSSR count). The Bertz CT molecular complexity index is 596. The molecule has 1 aromatic rings. The highest BCUT2D eigenvalue weighted by molar-refractivity contribution is 5.79. The van der Waals surface area contributed by atoms with Crippen LogP contribution in [0.3, 0.4) is 0 Å². The van der Waals surface area contributed by atoms with Crippen LogP contribution in [0.4, 0.5) is 0 Å². The lowest BCUT2D eigenvalue weighted by atomic mass is 9.91. The Labute approximate surface area is 151 Å². The molecule has 0 radical (unpaired) electrons. The number of carbonyl (C=O) groups is 1. The molecule has 2 aliphatic rings. The van der Waals surface area contributed by atoms with E-state index >= 15 is 0 Å². The average molecular weight is 342 g/mol. The monoisotopic (exact) mass is 342 g/mol. The average Bonchev–Trinajstić information content (AvgIpc) is 3.05. The van der Waals surface area contributed by atoms with Crippen molar-refractivity contribution in [3.05, 3.63) is 42.0 Å². The SMILES string of the molecule is CCCN1C[C@H](NC(=O)[C@@H]2CC=CCC2)[C@@H](c2ccc(OC)cc2)C1. The van der Waals surface area contributed by atoms with Gasteiger partial charge in [0.05, 0.1) is 7.11 Å². The Morgan fingerprint density at radius 1 is 1.24 bits per heavy atom. The molecule has 1 heterocycles. The maximum Gasteiger partial charge on any atom is 0.223 e. The van der Waals surface area contributed by atoms with Gasteiger partial charge in [0.1, 0.15) is 5.75 Å². The number of methoxy groups -OCH3 is 1. The number of nitrogens with zero attached hydrogens (tertiary/aromatic N) is 1. The van der Waals surface area contributed by atoms with E-state index in [1.54, 1.807) is 7.11 Å². The number of hydrogen-bond acceptors (Lipinski definition) is 3. The molecule has 0 saturated carbocycles. The van der Waals surface area contributed by atoms with Crippen molar-refractivity contribution in [3.8, 4) is 5.75 Å². The summed E-state index contributed by atoms with van der Waals surface area (Å²) < 4.78 is 5.28. The fourth-order valence-corrected chi connectivity index (χ4v) is 4.05.